The first-order valence-electron chi connectivity index (χ1n) is 5.92. The molecular formula is C14H11N3O3. The molecule has 0 saturated heterocycles. The van der Waals surface area contributed by atoms with Gasteiger partial charge in [-0.25, -0.2) is 14.3 Å². The van der Waals surface area contributed by atoms with E-state index in [2.05, 4.69) is 10.1 Å². The van der Waals surface area contributed by atoms with Gasteiger partial charge < -0.3 is 9.84 Å². The zero-order valence-corrected chi connectivity index (χ0v) is 10.6. The van der Waals surface area contributed by atoms with E-state index in [4.69, 9.17) is 4.74 Å². The van der Waals surface area contributed by atoms with Crippen molar-refractivity contribution < 1.29 is 14.6 Å². The van der Waals surface area contributed by atoms with Gasteiger partial charge in [0.2, 0.25) is 0 Å². The Hall–Kier alpha value is -2.89. The molecule has 3 rings (SSSR count). The number of hydrogen-bond acceptors (Lipinski definition) is 5. The molecule has 1 aromatic carbocycles. The van der Waals surface area contributed by atoms with Gasteiger partial charge in [0, 0.05) is 11.8 Å². The van der Waals surface area contributed by atoms with Gasteiger partial charge in [-0.3, -0.25) is 0 Å². The van der Waals surface area contributed by atoms with Crippen LogP contribution in [0.5, 0.6) is 5.75 Å². The molecule has 0 amide bonds. The van der Waals surface area contributed by atoms with Crippen molar-refractivity contribution >= 4 is 11.6 Å². The Labute approximate surface area is 114 Å². The molecule has 0 aliphatic carbocycles. The van der Waals surface area contributed by atoms with Gasteiger partial charge in [0.1, 0.15) is 11.3 Å². The number of fused-ring (bicyclic) bond motifs is 1. The minimum Gasteiger partial charge on any atom is -0.508 e. The molecule has 0 unspecified atom stereocenters. The largest absolute Gasteiger partial charge is 0.508 e. The highest BCUT2D eigenvalue weighted by Gasteiger charge is 2.15. The van der Waals surface area contributed by atoms with E-state index < -0.39 is 5.97 Å². The standard InChI is InChI=1S/C14H11N3O3/c1-20-14(19)11-6-3-7-17-13(11)15-12(16-17)9-4-2-5-10(18)8-9/h2-8,18H,1H3. The summed E-state index contributed by atoms with van der Waals surface area (Å²) in [6, 6.07) is 9.94. The number of methoxy groups -OCH3 is 1. The van der Waals surface area contributed by atoms with Gasteiger partial charge in [-0.15, -0.1) is 5.10 Å². The number of pyridine rings is 1. The SMILES string of the molecule is COC(=O)c1cccn2nc(-c3cccc(O)c3)nc12. The fourth-order valence-corrected chi connectivity index (χ4v) is 1.94. The molecular weight excluding hydrogens is 258 g/mol. The third-order valence-electron chi connectivity index (χ3n) is 2.87. The van der Waals surface area contributed by atoms with Crippen molar-refractivity contribution in [3.8, 4) is 17.1 Å². The Kier molecular flexibility index (Phi) is 2.83. The Morgan fingerprint density at radius 2 is 2.15 bits per heavy atom. The second-order valence-electron chi connectivity index (χ2n) is 4.17. The number of phenolic OH excluding ortho intramolecular Hbond substituents is 1. The van der Waals surface area contributed by atoms with E-state index in [-0.39, 0.29) is 5.75 Å². The maximum atomic E-state index is 11.7. The number of carbonyl (C=O) groups is 1. The van der Waals surface area contributed by atoms with Crippen molar-refractivity contribution in [2.75, 3.05) is 7.11 Å². The van der Waals surface area contributed by atoms with Crippen LogP contribution >= 0.6 is 0 Å². The summed E-state index contributed by atoms with van der Waals surface area (Å²) in [4.78, 5) is 16.0. The molecule has 6 heteroatoms. The molecule has 1 N–H and O–H groups in total. The molecule has 20 heavy (non-hydrogen) atoms. The lowest BCUT2D eigenvalue weighted by Crippen LogP contribution is -2.04. The lowest BCUT2D eigenvalue weighted by Gasteiger charge is -1.99. The number of ether oxygens (including phenoxy) is 1. The van der Waals surface area contributed by atoms with E-state index in [1.165, 1.54) is 11.6 Å². The van der Waals surface area contributed by atoms with Gasteiger partial charge in [0.05, 0.1) is 7.11 Å². The van der Waals surface area contributed by atoms with Crippen molar-refractivity contribution in [1.29, 1.82) is 0 Å². The van der Waals surface area contributed by atoms with Crippen molar-refractivity contribution in [1.82, 2.24) is 14.6 Å². The first-order valence-corrected chi connectivity index (χ1v) is 5.92. The number of benzene rings is 1. The summed E-state index contributed by atoms with van der Waals surface area (Å²) in [5, 5.41) is 13.8. The fraction of sp³-hybridized carbons (Fsp3) is 0.0714. The highest BCUT2D eigenvalue weighted by Crippen LogP contribution is 2.21. The van der Waals surface area contributed by atoms with Gasteiger partial charge in [-0.2, -0.15) is 0 Å². The first-order chi connectivity index (χ1) is 9.69. The van der Waals surface area contributed by atoms with Gasteiger partial charge in [-0.05, 0) is 24.3 Å². The molecule has 6 nitrogen and oxygen atoms in total. The second-order valence-corrected chi connectivity index (χ2v) is 4.17. The third kappa shape index (κ3) is 1.97. The zero-order valence-electron chi connectivity index (χ0n) is 10.6. The zero-order chi connectivity index (χ0) is 14.1. The molecule has 2 aromatic heterocycles. The molecule has 0 atom stereocenters. The summed E-state index contributed by atoms with van der Waals surface area (Å²) >= 11 is 0. The lowest BCUT2D eigenvalue weighted by atomic mass is 10.2. The topological polar surface area (TPSA) is 76.7 Å². The molecule has 0 spiro atoms. The van der Waals surface area contributed by atoms with Crippen molar-refractivity contribution in [3.63, 3.8) is 0 Å². The molecule has 3 aromatic rings. The van der Waals surface area contributed by atoms with Crippen molar-refractivity contribution in [2.45, 2.75) is 0 Å². The first kappa shape index (κ1) is 12.2. The molecule has 0 radical (unpaired) electrons. The molecule has 0 aliphatic heterocycles. The van der Waals surface area contributed by atoms with Gasteiger partial charge in [-0.1, -0.05) is 12.1 Å². The summed E-state index contributed by atoms with van der Waals surface area (Å²) in [5.41, 5.74) is 1.43. The monoisotopic (exact) mass is 269 g/mol. The van der Waals surface area contributed by atoms with Crippen LogP contribution in [0.2, 0.25) is 0 Å². The van der Waals surface area contributed by atoms with Crippen molar-refractivity contribution in [3.05, 3.63) is 48.2 Å². The van der Waals surface area contributed by atoms with E-state index in [0.717, 1.165) is 0 Å². The molecule has 0 bridgehead atoms. The maximum absolute atomic E-state index is 11.7. The summed E-state index contributed by atoms with van der Waals surface area (Å²) in [6.07, 6.45) is 1.70. The number of aromatic hydroxyl groups is 1. The number of phenols is 1. The summed E-state index contributed by atoms with van der Waals surface area (Å²) in [7, 11) is 1.32. The molecule has 0 aliphatic rings. The van der Waals surface area contributed by atoms with Crippen LogP contribution < -0.4 is 0 Å². The normalized spacial score (nSPS) is 10.7. The highest BCUT2D eigenvalue weighted by atomic mass is 16.5. The second kappa shape index (κ2) is 4.65. The van der Waals surface area contributed by atoms with Crippen LogP contribution in [-0.4, -0.2) is 32.8 Å². The summed E-state index contributed by atoms with van der Waals surface area (Å²) in [5.74, 6) is 0.0947. The molecule has 100 valence electrons. The van der Waals surface area contributed by atoms with Crippen LogP contribution in [-0.2, 0) is 4.74 Å². The van der Waals surface area contributed by atoms with Crippen LogP contribution in [0.3, 0.4) is 0 Å². The lowest BCUT2D eigenvalue weighted by molar-refractivity contribution is 0.0602. The quantitative estimate of drug-likeness (QED) is 0.719. The number of aromatic nitrogens is 3. The van der Waals surface area contributed by atoms with Gasteiger partial charge in [0.15, 0.2) is 11.5 Å². The fourth-order valence-electron chi connectivity index (χ4n) is 1.94. The minimum atomic E-state index is -0.467. The Morgan fingerprint density at radius 3 is 2.90 bits per heavy atom. The third-order valence-corrected chi connectivity index (χ3v) is 2.87. The number of nitrogens with zero attached hydrogens (tertiary/aromatic N) is 3. The van der Waals surface area contributed by atoms with E-state index in [1.54, 1.807) is 42.6 Å². The Balaban J connectivity index is 2.18. The minimum absolute atomic E-state index is 0.134. The summed E-state index contributed by atoms with van der Waals surface area (Å²) < 4.78 is 6.22. The number of carbonyl (C=O) groups excluding carboxylic acids is 1. The van der Waals surface area contributed by atoms with Gasteiger partial charge >= 0.3 is 5.97 Å². The average molecular weight is 269 g/mol. The van der Waals surface area contributed by atoms with E-state index in [1.807, 2.05) is 0 Å². The molecule has 0 saturated carbocycles. The van der Waals surface area contributed by atoms with Crippen molar-refractivity contribution in [2.24, 2.45) is 0 Å². The molecule has 0 fully saturated rings. The predicted molar refractivity (Wildman–Crippen MR) is 71.4 cm³/mol. The van der Waals surface area contributed by atoms with Crippen LogP contribution in [0.4, 0.5) is 0 Å². The van der Waals surface area contributed by atoms with E-state index >= 15 is 0 Å². The Morgan fingerprint density at radius 1 is 1.30 bits per heavy atom. The number of hydrogen-bond donors (Lipinski definition) is 1. The predicted octanol–water partition coefficient (Wildman–Crippen LogP) is 1.89. The van der Waals surface area contributed by atoms with E-state index in [9.17, 15) is 9.90 Å². The number of esters is 1. The molecule has 2 heterocycles. The summed E-state index contributed by atoms with van der Waals surface area (Å²) in [6.45, 7) is 0. The van der Waals surface area contributed by atoms with Crippen LogP contribution in [0.15, 0.2) is 42.6 Å². The smallest absolute Gasteiger partial charge is 0.341 e. The van der Waals surface area contributed by atoms with Crippen LogP contribution in [0.1, 0.15) is 10.4 Å². The highest BCUT2D eigenvalue weighted by molar-refractivity contribution is 5.95. The Bertz CT molecular complexity index is 795. The number of rotatable bonds is 2. The maximum Gasteiger partial charge on any atom is 0.341 e. The van der Waals surface area contributed by atoms with Crippen LogP contribution in [0, 0.1) is 0 Å². The average Bonchev–Trinajstić information content (AvgIpc) is 2.90. The van der Waals surface area contributed by atoms with E-state index in [0.29, 0.717) is 22.6 Å². The van der Waals surface area contributed by atoms with Crippen LogP contribution in [0.25, 0.3) is 17.0 Å². The van der Waals surface area contributed by atoms with Gasteiger partial charge in [0.25, 0.3) is 0 Å².